The van der Waals surface area contributed by atoms with E-state index < -0.39 is 0 Å². The largest absolute Gasteiger partial charge is 0.356 e. The van der Waals surface area contributed by atoms with Crippen LogP contribution >= 0.6 is 24.0 Å². The van der Waals surface area contributed by atoms with E-state index in [0.717, 1.165) is 51.4 Å². The monoisotopic (exact) mass is 478 g/mol. The van der Waals surface area contributed by atoms with E-state index in [0.29, 0.717) is 6.04 Å². The molecule has 2 N–H and O–H groups in total. The van der Waals surface area contributed by atoms with Crippen LogP contribution < -0.4 is 10.6 Å². The van der Waals surface area contributed by atoms with Crippen molar-refractivity contribution < 1.29 is 0 Å². The summed E-state index contributed by atoms with van der Waals surface area (Å²) in [5, 5.41) is 7.03. The fraction of sp³-hybridized carbons (Fsp3) is 0.409. The number of piperidine rings is 1. The van der Waals surface area contributed by atoms with Gasteiger partial charge in [-0.1, -0.05) is 60.7 Å². The number of benzene rings is 2. The third-order valence-electron chi connectivity index (χ3n) is 4.95. The lowest BCUT2D eigenvalue weighted by atomic mass is 10.0. The van der Waals surface area contributed by atoms with Crippen molar-refractivity contribution in [3.63, 3.8) is 0 Å². The zero-order chi connectivity index (χ0) is 18.0. The van der Waals surface area contributed by atoms with Crippen molar-refractivity contribution in [3.8, 4) is 0 Å². The van der Waals surface area contributed by atoms with Crippen LogP contribution in [-0.4, -0.2) is 43.6 Å². The topological polar surface area (TPSA) is 39.7 Å². The maximum absolute atomic E-state index is 4.38. The smallest absolute Gasteiger partial charge is 0.191 e. The molecule has 0 saturated carbocycles. The summed E-state index contributed by atoms with van der Waals surface area (Å²) >= 11 is 0. The molecule has 0 amide bonds. The Morgan fingerprint density at radius 2 is 1.56 bits per heavy atom. The van der Waals surface area contributed by atoms with Crippen molar-refractivity contribution in [2.75, 3.05) is 26.7 Å². The maximum atomic E-state index is 4.38. The van der Waals surface area contributed by atoms with Gasteiger partial charge in [0.2, 0.25) is 0 Å². The Hall–Kier alpha value is -1.60. The van der Waals surface area contributed by atoms with Gasteiger partial charge in [0.05, 0.1) is 0 Å². The first-order valence-corrected chi connectivity index (χ1v) is 9.61. The van der Waals surface area contributed by atoms with Gasteiger partial charge in [-0.05, 0) is 30.4 Å². The number of guanidine groups is 1. The van der Waals surface area contributed by atoms with E-state index in [1.807, 2.05) is 7.05 Å². The van der Waals surface area contributed by atoms with E-state index in [9.17, 15) is 0 Å². The second kappa shape index (κ2) is 12.0. The van der Waals surface area contributed by atoms with Crippen LogP contribution in [0.2, 0.25) is 0 Å². The van der Waals surface area contributed by atoms with Gasteiger partial charge in [0.25, 0.3) is 0 Å². The SMILES string of the molecule is CN=C(NCCc1ccccc1)NC1CCN(Cc2ccccc2)CC1.I. The molecule has 0 aromatic heterocycles. The summed E-state index contributed by atoms with van der Waals surface area (Å²) in [6.45, 7) is 4.22. The minimum atomic E-state index is 0. The normalized spacial score (nSPS) is 15.8. The number of likely N-dealkylation sites (tertiary alicyclic amines) is 1. The van der Waals surface area contributed by atoms with Crippen molar-refractivity contribution in [2.24, 2.45) is 4.99 Å². The lowest BCUT2D eigenvalue weighted by Gasteiger charge is -2.33. The molecule has 1 aliphatic rings. The molecule has 27 heavy (non-hydrogen) atoms. The first-order chi connectivity index (χ1) is 12.8. The Balaban J connectivity index is 0.00000261. The molecule has 146 valence electrons. The number of halogens is 1. The highest BCUT2D eigenvalue weighted by atomic mass is 127. The van der Waals surface area contributed by atoms with Crippen LogP contribution in [0.25, 0.3) is 0 Å². The third kappa shape index (κ3) is 7.50. The molecule has 0 radical (unpaired) electrons. The summed E-state index contributed by atoms with van der Waals surface area (Å²) in [4.78, 5) is 6.92. The molecule has 0 spiro atoms. The highest BCUT2D eigenvalue weighted by Crippen LogP contribution is 2.13. The van der Waals surface area contributed by atoms with Gasteiger partial charge in [0.15, 0.2) is 5.96 Å². The van der Waals surface area contributed by atoms with Crippen molar-refractivity contribution in [2.45, 2.75) is 31.8 Å². The summed E-state index contributed by atoms with van der Waals surface area (Å²) in [5.74, 6) is 0.919. The molecule has 0 atom stereocenters. The first-order valence-electron chi connectivity index (χ1n) is 9.61. The Morgan fingerprint density at radius 3 is 2.15 bits per heavy atom. The number of nitrogens with zero attached hydrogens (tertiary/aromatic N) is 2. The first kappa shape index (κ1) is 21.7. The molecule has 4 nitrogen and oxygen atoms in total. The van der Waals surface area contributed by atoms with Crippen LogP contribution in [0.4, 0.5) is 0 Å². The predicted octanol–water partition coefficient (Wildman–Crippen LogP) is 3.68. The van der Waals surface area contributed by atoms with E-state index in [-0.39, 0.29) is 24.0 Å². The van der Waals surface area contributed by atoms with Gasteiger partial charge in [-0.2, -0.15) is 0 Å². The van der Waals surface area contributed by atoms with E-state index in [2.05, 4.69) is 81.2 Å². The summed E-state index contributed by atoms with van der Waals surface area (Å²) in [7, 11) is 1.85. The van der Waals surface area contributed by atoms with E-state index in [4.69, 9.17) is 0 Å². The Labute approximate surface area is 180 Å². The van der Waals surface area contributed by atoms with Gasteiger partial charge >= 0.3 is 0 Å². The van der Waals surface area contributed by atoms with Crippen molar-refractivity contribution >= 4 is 29.9 Å². The maximum Gasteiger partial charge on any atom is 0.191 e. The number of rotatable bonds is 6. The molecule has 3 rings (SSSR count). The quantitative estimate of drug-likeness (QED) is 0.378. The molecular weight excluding hydrogens is 447 g/mol. The highest BCUT2D eigenvalue weighted by Gasteiger charge is 2.19. The van der Waals surface area contributed by atoms with Gasteiger partial charge in [-0.15, -0.1) is 24.0 Å². The van der Waals surface area contributed by atoms with Crippen molar-refractivity contribution in [1.82, 2.24) is 15.5 Å². The van der Waals surface area contributed by atoms with Crippen LogP contribution in [0.3, 0.4) is 0 Å². The van der Waals surface area contributed by atoms with E-state index >= 15 is 0 Å². The zero-order valence-corrected chi connectivity index (χ0v) is 18.4. The third-order valence-corrected chi connectivity index (χ3v) is 4.95. The van der Waals surface area contributed by atoms with Gasteiger partial charge in [-0.25, -0.2) is 0 Å². The fourth-order valence-electron chi connectivity index (χ4n) is 3.43. The highest BCUT2D eigenvalue weighted by molar-refractivity contribution is 14.0. The minimum Gasteiger partial charge on any atom is -0.356 e. The van der Waals surface area contributed by atoms with Crippen LogP contribution in [-0.2, 0) is 13.0 Å². The summed E-state index contributed by atoms with van der Waals surface area (Å²) in [6.07, 6.45) is 3.33. The molecule has 1 aliphatic heterocycles. The Kier molecular flexibility index (Phi) is 9.62. The number of hydrogen-bond acceptors (Lipinski definition) is 2. The standard InChI is InChI=1S/C22H30N4.HI/c1-23-22(24-15-12-19-8-4-2-5-9-19)25-21-13-16-26(17-14-21)18-20-10-6-3-7-11-20;/h2-11,21H,12-18H2,1H3,(H2,23,24,25);1H. The average Bonchev–Trinajstić information content (AvgIpc) is 2.70. The van der Waals surface area contributed by atoms with Crippen LogP contribution in [0.1, 0.15) is 24.0 Å². The summed E-state index contributed by atoms with van der Waals surface area (Å²) in [5.41, 5.74) is 2.75. The van der Waals surface area contributed by atoms with Gasteiger partial charge in [0, 0.05) is 39.3 Å². The summed E-state index contributed by atoms with van der Waals surface area (Å²) in [6, 6.07) is 21.8. The molecule has 5 heteroatoms. The second-order valence-corrected chi connectivity index (χ2v) is 6.91. The lowest BCUT2D eigenvalue weighted by Crippen LogP contribution is -2.48. The van der Waals surface area contributed by atoms with Gasteiger partial charge in [-0.3, -0.25) is 9.89 Å². The van der Waals surface area contributed by atoms with Crippen molar-refractivity contribution in [3.05, 3.63) is 71.8 Å². The molecule has 0 bridgehead atoms. The number of hydrogen-bond donors (Lipinski definition) is 2. The van der Waals surface area contributed by atoms with E-state index in [1.54, 1.807) is 0 Å². The van der Waals surface area contributed by atoms with Gasteiger partial charge in [0.1, 0.15) is 0 Å². The zero-order valence-electron chi connectivity index (χ0n) is 16.1. The molecular formula is C22H31IN4. The summed E-state index contributed by atoms with van der Waals surface area (Å²) < 4.78 is 0. The molecule has 2 aromatic rings. The predicted molar refractivity (Wildman–Crippen MR) is 125 cm³/mol. The molecule has 1 fully saturated rings. The van der Waals surface area contributed by atoms with Gasteiger partial charge < -0.3 is 10.6 Å². The molecule has 0 aliphatic carbocycles. The Morgan fingerprint density at radius 1 is 0.963 bits per heavy atom. The average molecular weight is 478 g/mol. The van der Waals surface area contributed by atoms with Crippen LogP contribution in [0.15, 0.2) is 65.7 Å². The minimum absolute atomic E-state index is 0. The number of nitrogens with one attached hydrogen (secondary N) is 2. The Bertz CT molecular complexity index is 667. The van der Waals surface area contributed by atoms with Crippen LogP contribution in [0.5, 0.6) is 0 Å². The van der Waals surface area contributed by atoms with Crippen molar-refractivity contribution in [1.29, 1.82) is 0 Å². The van der Waals surface area contributed by atoms with E-state index in [1.165, 1.54) is 11.1 Å². The second-order valence-electron chi connectivity index (χ2n) is 6.91. The lowest BCUT2D eigenvalue weighted by molar-refractivity contribution is 0.198. The molecule has 0 unspecified atom stereocenters. The van der Waals surface area contributed by atoms with Crippen LogP contribution in [0, 0.1) is 0 Å². The fourth-order valence-corrected chi connectivity index (χ4v) is 3.43. The molecule has 2 aromatic carbocycles. The number of aliphatic imine (C=N–C) groups is 1. The molecule has 1 heterocycles. The molecule has 1 saturated heterocycles.